The number of carboxylic acids is 1. The van der Waals surface area contributed by atoms with Crippen LogP contribution in [-0.4, -0.2) is 33.6 Å². The fourth-order valence-corrected chi connectivity index (χ4v) is 2.61. The minimum atomic E-state index is -0.833. The predicted octanol–water partition coefficient (Wildman–Crippen LogP) is 1.93. The summed E-state index contributed by atoms with van der Waals surface area (Å²) in [5.41, 5.74) is 0.431. The monoisotopic (exact) mass is 259 g/mol. The average Bonchev–Trinajstić information content (AvgIpc) is 2.80. The van der Waals surface area contributed by atoms with Gasteiger partial charge in [-0.1, -0.05) is 30.0 Å². The van der Waals surface area contributed by atoms with E-state index in [2.05, 4.69) is 22.4 Å². The summed E-state index contributed by atoms with van der Waals surface area (Å²) < 4.78 is 0.700. The largest absolute Gasteiger partial charge is 0.481 e. The topological polar surface area (TPSA) is 75.1 Å². The first kappa shape index (κ1) is 11.7. The molecular formula is C9H13N3O2S2. The molecule has 1 aliphatic carbocycles. The Morgan fingerprint density at radius 3 is 3.00 bits per heavy atom. The lowest BCUT2D eigenvalue weighted by Gasteiger charge is -2.07. The molecule has 1 saturated carbocycles. The summed E-state index contributed by atoms with van der Waals surface area (Å²) in [7, 11) is 0. The number of carbonyl (C=O) groups is 1. The third kappa shape index (κ3) is 3.34. The van der Waals surface area contributed by atoms with Crippen molar-refractivity contribution in [2.45, 2.75) is 24.1 Å². The van der Waals surface area contributed by atoms with Crippen molar-refractivity contribution < 1.29 is 9.90 Å². The lowest BCUT2D eigenvalue weighted by Crippen LogP contribution is -2.11. The van der Waals surface area contributed by atoms with Gasteiger partial charge >= 0.3 is 5.97 Å². The quantitative estimate of drug-likeness (QED) is 0.760. The standard InChI is InChI=1S/C9H13N3O2S2/c1-9(2-3-9)5-10-7-11-12-8(16-7)15-4-6(13)14/h2-5H2,1H3,(H,10,11)(H,13,14). The van der Waals surface area contributed by atoms with Gasteiger partial charge in [0.1, 0.15) is 0 Å². The fraction of sp³-hybridized carbons (Fsp3) is 0.667. The van der Waals surface area contributed by atoms with Crippen LogP contribution in [0.15, 0.2) is 4.34 Å². The van der Waals surface area contributed by atoms with Crippen LogP contribution in [0.2, 0.25) is 0 Å². The number of aromatic nitrogens is 2. The van der Waals surface area contributed by atoms with E-state index in [0.29, 0.717) is 9.75 Å². The minimum absolute atomic E-state index is 0.0341. The molecule has 0 spiro atoms. The Kier molecular flexibility index (Phi) is 3.34. The number of hydrogen-bond donors (Lipinski definition) is 2. The van der Waals surface area contributed by atoms with Crippen LogP contribution in [0.3, 0.4) is 0 Å². The van der Waals surface area contributed by atoms with E-state index in [1.807, 2.05) is 0 Å². The van der Waals surface area contributed by atoms with Crippen molar-refractivity contribution in [3.63, 3.8) is 0 Å². The van der Waals surface area contributed by atoms with E-state index in [4.69, 9.17) is 5.11 Å². The van der Waals surface area contributed by atoms with Gasteiger partial charge in [-0.15, -0.1) is 10.2 Å². The molecule has 0 aromatic carbocycles. The van der Waals surface area contributed by atoms with E-state index < -0.39 is 5.97 Å². The number of thioether (sulfide) groups is 1. The summed E-state index contributed by atoms with van der Waals surface area (Å²) in [6, 6.07) is 0. The molecule has 7 heteroatoms. The second kappa shape index (κ2) is 4.58. The zero-order chi connectivity index (χ0) is 11.6. The van der Waals surface area contributed by atoms with Gasteiger partial charge in [-0.05, 0) is 18.3 Å². The molecular weight excluding hydrogens is 246 g/mol. The van der Waals surface area contributed by atoms with Crippen LogP contribution in [0, 0.1) is 5.41 Å². The molecule has 0 unspecified atom stereocenters. The van der Waals surface area contributed by atoms with Crippen molar-refractivity contribution in [3.05, 3.63) is 0 Å². The summed E-state index contributed by atoms with van der Waals surface area (Å²) in [6.45, 7) is 3.16. The average molecular weight is 259 g/mol. The first-order chi connectivity index (χ1) is 7.57. The highest BCUT2D eigenvalue weighted by atomic mass is 32.2. The van der Waals surface area contributed by atoms with Gasteiger partial charge in [-0.3, -0.25) is 4.79 Å². The Bertz CT molecular complexity index is 390. The number of nitrogens with one attached hydrogen (secondary N) is 1. The lowest BCUT2D eigenvalue weighted by molar-refractivity contribution is -0.133. The van der Waals surface area contributed by atoms with Crippen LogP contribution in [0.5, 0.6) is 0 Å². The van der Waals surface area contributed by atoms with Gasteiger partial charge < -0.3 is 10.4 Å². The van der Waals surface area contributed by atoms with E-state index in [1.54, 1.807) is 0 Å². The molecule has 5 nitrogen and oxygen atoms in total. The van der Waals surface area contributed by atoms with Gasteiger partial charge in [0, 0.05) is 6.54 Å². The smallest absolute Gasteiger partial charge is 0.313 e. The number of aliphatic carboxylic acids is 1. The number of rotatable bonds is 6. The van der Waals surface area contributed by atoms with Crippen molar-refractivity contribution in [2.24, 2.45) is 5.41 Å². The summed E-state index contributed by atoms with van der Waals surface area (Å²) >= 11 is 2.61. The SMILES string of the molecule is CC1(CNc2nnc(SCC(=O)O)s2)CC1. The Hall–Kier alpha value is -0.820. The normalized spacial score (nSPS) is 17.1. The van der Waals surface area contributed by atoms with Crippen LogP contribution in [0.1, 0.15) is 19.8 Å². The fourth-order valence-electron chi connectivity index (χ4n) is 1.14. The van der Waals surface area contributed by atoms with E-state index in [1.165, 1.54) is 35.9 Å². The van der Waals surface area contributed by atoms with Gasteiger partial charge in [0.05, 0.1) is 5.75 Å². The molecule has 0 amide bonds. The molecule has 88 valence electrons. The maximum absolute atomic E-state index is 10.4. The molecule has 0 atom stereocenters. The van der Waals surface area contributed by atoms with Crippen molar-refractivity contribution >= 4 is 34.2 Å². The molecule has 16 heavy (non-hydrogen) atoms. The van der Waals surface area contributed by atoms with Crippen LogP contribution in [0.4, 0.5) is 5.13 Å². The number of nitrogens with zero attached hydrogens (tertiary/aromatic N) is 2. The Balaban J connectivity index is 1.79. The van der Waals surface area contributed by atoms with Gasteiger partial charge in [0.15, 0.2) is 4.34 Å². The summed E-state index contributed by atoms with van der Waals surface area (Å²) in [6.07, 6.45) is 2.53. The van der Waals surface area contributed by atoms with Gasteiger partial charge in [-0.25, -0.2) is 0 Å². The molecule has 1 aliphatic rings. The first-order valence-electron chi connectivity index (χ1n) is 4.99. The lowest BCUT2D eigenvalue weighted by atomic mass is 10.1. The molecule has 1 heterocycles. The van der Waals surface area contributed by atoms with E-state index in [9.17, 15) is 4.79 Å². The van der Waals surface area contributed by atoms with Crippen LogP contribution < -0.4 is 5.32 Å². The minimum Gasteiger partial charge on any atom is -0.481 e. The predicted molar refractivity (Wildman–Crippen MR) is 64.1 cm³/mol. The molecule has 2 N–H and O–H groups in total. The van der Waals surface area contributed by atoms with Crippen molar-refractivity contribution in [1.82, 2.24) is 10.2 Å². The molecule has 0 saturated heterocycles. The molecule has 1 fully saturated rings. The van der Waals surface area contributed by atoms with E-state index >= 15 is 0 Å². The van der Waals surface area contributed by atoms with Crippen LogP contribution in [-0.2, 0) is 4.79 Å². The van der Waals surface area contributed by atoms with E-state index in [-0.39, 0.29) is 5.75 Å². The van der Waals surface area contributed by atoms with Gasteiger partial charge in [-0.2, -0.15) is 0 Å². The maximum atomic E-state index is 10.4. The third-order valence-electron chi connectivity index (χ3n) is 2.50. The second-order valence-corrected chi connectivity index (χ2v) is 6.42. The molecule has 0 radical (unpaired) electrons. The zero-order valence-corrected chi connectivity index (χ0v) is 10.5. The zero-order valence-electron chi connectivity index (χ0n) is 8.89. The van der Waals surface area contributed by atoms with Gasteiger partial charge in [0.2, 0.25) is 5.13 Å². The Morgan fingerprint density at radius 1 is 1.62 bits per heavy atom. The number of anilines is 1. The van der Waals surface area contributed by atoms with Gasteiger partial charge in [0.25, 0.3) is 0 Å². The van der Waals surface area contributed by atoms with Crippen molar-refractivity contribution in [1.29, 1.82) is 0 Å². The third-order valence-corrected chi connectivity index (χ3v) is 4.49. The van der Waals surface area contributed by atoms with E-state index in [0.717, 1.165) is 11.7 Å². The molecule has 2 rings (SSSR count). The molecule has 1 aromatic heterocycles. The summed E-state index contributed by atoms with van der Waals surface area (Å²) in [4.78, 5) is 10.4. The molecule has 0 bridgehead atoms. The Labute approximate surface area is 102 Å². The second-order valence-electron chi connectivity index (χ2n) is 4.22. The highest BCUT2D eigenvalue weighted by molar-refractivity contribution is 8.01. The van der Waals surface area contributed by atoms with Crippen molar-refractivity contribution in [2.75, 3.05) is 17.6 Å². The van der Waals surface area contributed by atoms with Crippen molar-refractivity contribution in [3.8, 4) is 0 Å². The number of hydrogen-bond acceptors (Lipinski definition) is 6. The van der Waals surface area contributed by atoms with Crippen LogP contribution >= 0.6 is 23.1 Å². The maximum Gasteiger partial charge on any atom is 0.313 e. The first-order valence-corrected chi connectivity index (χ1v) is 6.80. The highest BCUT2D eigenvalue weighted by Gasteiger charge is 2.36. The highest BCUT2D eigenvalue weighted by Crippen LogP contribution is 2.44. The summed E-state index contributed by atoms with van der Waals surface area (Å²) in [5.74, 6) is -0.799. The van der Waals surface area contributed by atoms with Crippen LogP contribution in [0.25, 0.3) is 0 Å². The summed E-state index contributed by atoms with van der Waals surface area (Å²) in [5, 5.41) is 20.4. The Morgan fingerprint density at radius 2 is 2.38 bits per heavy atom. The molecule has 1 aromatic rings. The molecule has 0 aliphatic heterocycles. The number of carboxylic acid groups (broad SMARTS) is 1.